The molecule has 1 amide bonds. The molecule has 19 heavy (non-hydrogen) atoms. The number of carbonyl (C=O) groups is 1. The highest BCUT2D eigenvalue weighted by Gasteiger charge is 2.34. The van der Waals surface area contributed by atoms with Crippen molar-refractivity contribution in [3.8, 4) is 17.6 Å². The van der Waals surface area contributed by atoms with Gasteiger partial charge in [0, 0.05) is 12.5 Å². The first-order valence-corrected chi connectivity index (χ1v) is 5.33. The van der Waals surface area contributed by atoms with E-state index in [9.17, 15) is 18.0 Å². The van der Waals surface area contributed by atoms with Crippen LogP contribution in [0.25, 0.3) is 0 Å². The molecule has 0 aliphatic rings. The number of amides is 1. The number of carbonyl (C=O) groups excluding carboxylic acids is 1. The largest absolute Gasteiger partial charge is 0.496 e. The minimum Gasteiger partial charge on any atom is -0.496 e. The average Bonchev–Trinajstić information content (AvgIpc) is 2.32. The SMILES string of the molecule is COc1cc(C#CCNC(C)=O)ccc1C(F)(F)F. The van der Waals surface area contributed by atoms with Gasteiger partial charge in [-0.3, -0.25) is 4.79 Å². The molecule has 102 valence electrons. The molecule has 0 spiro atoms. The van der Waals surface area contributed by atoms with E-state index in [-0.39, 0.29) is 18.2 Å². The van der Waals surface area contributed by atoms with Crippen LogP contribution in [0.1, 0.15) is 18.1 Å². The van der Waals surface area contributed by atoms with Crippen molar-refractivity contribution in [3.05, 3.63) is 29.3 Å². The topological polar surface area (TPSA) is 38.3 Å². The van der Waals surface area contributed by atoms with Gasteiger partial charge in [0.25, 0.3) is 0 Å². The van der Waals surface area contributed by atoms with E-state index in [1.807, 2.05) is 0 Å². The van der Waals surface area contributed by atoms with Crippen LogP contribution in [0.15, 0.2) is 18.2 Å². The Morgan fingerprint density at radius 3 is 2.63 bits per heavy atom. The lowest BCUT2D eigenvalue weighted by Gasteiger charge is -2.11. The van der Waals surface area contributed by atoms with Crippen molar-refractivity contribution >= 4 is 5.91 Å². The highest BCUT2D eigenvalue weighted by Crippen LogP contribution is 2.36. The summed E-state index contributed by atoms with van der Waals surface area (Å²) in [5, 5.41) is 2.46. The first kappa shape index (κ1) is 14.9. The zero-order valence-electron chi connectivity index (χ0n) is 10.4. The number of hydrogen-bond donors (Lipinski definition) is 1. The van der Waals surface area contributed by atoms with Gasteiger partial charge >= 0.3 is 6.18 Å². The first-order chi connectivity index (χ1) is 8.84. The molecule has 0 fully saturated rings. The first-order valence-electron chi connectivity index (χ1n) is 5.33. The summed E-state index contributed by atoms with van der Waals surface area (Å²) in [5.41, 5.74) is -0.461. The van der Waals surface area contributed by atoms with Gasteiger partial charge in [-0.15, -0.1) is 0 Å². The number of alkyl halides is 3. The Morgan fingerprint density at radius 2 is 2.11 bits per heavy atom. The summed E-state index contributed by atoms with van der Waals surface area (Å²) >= 11 is 0. The lowest BCUT2D eigenvalue weighted by Crippen LogP contribution is -2.19. The molecule has 0 bridgehead atoms. The molecule has 0 saturated carbocycles. The van der Waals surface area contributed by atoms with E-state index in [0.717, 1.165) is 6.07 Å². The van der Waals surface area contributed by atoms with Crippen molar-refractivity contribution in [2.45, 2.75) is 13.1 Å². The number of ether oxygens (including phenoxy) is 1. The number of hydrogen-bond acceptors (Lipinski definition) is 2. The van der Waals surface area contributed by atoms with E-state index in [4.69, 9.17) is 4.74 Å². The summed E-state index contributed by atoms with van der Waals surface area (Å²) in [4.78, 5) is 10.6. The zero-order valence-corrected chi connectivity index (χ0v) is 10.4. The lowest BCUT2D eigenvalue weighted by atomic mass is 10.1. The van der Waals surface area contributed by atoms with E-state index in [1.54, 1.807) is 0 Å². The molecule has 0 aliphatic carbocycles. The lowest BCUT2D eigenvalue weighted by molar-refractivity contribution is -0.138. The summed E-state index contributed by atoms with van der Waals surface area (Å²) in [6, 6.07) is 3.39. The number of nitrogens with one attached hydrogen (secondary N) is 1. The number of methoxy groups -OCH3 is 1. The van der Waals surface area contributed by atoms with E-state index in [0.29, 0.717) is 5.56 Å². The highest BCUT2D eigenvalue weighted by atomic mass is 19.4. The van der Waals surface area contributed by atoms with Crippen LogP contribution in [0.5, 0.6) is 5.75 Å². The molecule has 1 rings (SSSR count). The van der Waals surface area contributed by atoms with Gasteiger partial charge in [0.05, 0.1) is 19.2 Å². The van der Waals surface area contributed by atoms with Crippen LogP contribution in [0.3, 0.4) is 0 Å². The molecule has 0 heterocycles. The average molecular weight is 271 g/mol. The van der Waals surface area contributed by atoms with Gasteiger partial charge in [-0.1, -0.05) is 11.8 Å². The zero-order chi connectivity index (χ0) is 14.5. The van der Waals surface area contributed by atoms with Crippen molar-refractivity contribution in [2.75, 3.05) is 13.7 Å². The van der Waals surface area contributed by atoms with E-state index in [2.05, 4.69) is 17.2 Å². The second-order valence-electron chi connectivity index (χ2n) is 3.62. The monoisotopic (exact) mass is 271 g/mol. The molecule has 6 heteroatoms. The Bertz CT molecular complexity index is 527. The van der Waals surface area contributed by atoms with E-state index >= 15 is 0 Å². The molecule has 1 aromatic carbocycles. The fourth-order valence-corrected chi connectivity index (χ4v) is 1.32. The van der Waals surface area contributed by atoms with E-state index < -0.39 is 11.7 Å². The van der Waals surface area contributed by atoms with Crippen molar-refractivity contribution in [1.82, 2.24) is 5.32 Å². The van der Waals surface area contributed by atoms with E-state index in [1.165, 1.54) is 26.2 Å². The molecule has 1 N–H and O–H groups in total. The molecular weight excluding hydrogens is 259 g/mol. The highest BCUT2D eigenvalue weighted by molar-refractivity contribution is 5.73. The Hall–Kier alpha value is -2.16. The van der Waals surface area contributed by atoms with Gasteiger partial charge in [0.1, 0.15) is 5.75 Å². The summed E-state index contributed by atoms with van der Waals surface area (Å²) in [5.74, 6) is 4.76. The minimum absolute atomic E-state index is 0.138. The van der Waals surface area contributed by atoms with Crippen LogP contribution in [0.4, 0.5) is 13.2 Å². The molecule has 3 nitrogen and oxygen atoms in total. The molecule has 1 aromatic rings. The predicted octanol–water partition coefficient (Wildman–Crippen LogP) is 2.20. The van der Waals surface area contributed by atoms with Crippen LogP contribution in [0.2, 0.25) is 0 Å². The van der Waals surface area contributed by atoms with Gasteiger partial charge in [-0.2, -0.15) is 13.2 Å². The third-order valence-corrected chi connectivity index (χ3v) is 2.17. The Labute approximate surface area is 108 Å². The van der Waals surface area contributed by atoms with Gasteiger partial charge in [-0.25, -0.2) is 0 Å². The standard InChI is InChI=1S/C13H12F3NO2/c1-9(18)17-7-3-4-10-5-6-11(13(14,15)16)12(8-10)19-2/h5-6,8H,7H2,1-2H3,(H,17,18). The molecule has 0 radical (unpaired) electrons. The van der Waals surface area contributed by atoms with Crippen LogP contribution < -0.4 is 10.1 Å². The smallest absolute Gasteiger partial charge is 0.419 e. The van der Waals surface area contributed by atoms with Crippen molar-refractivity contribution < 1.29 is 22.7 Å². The number of rotatable bonds is 2. The van der Waals surface area contributed by atoms with Crippen LogP contribution in [-0.4, -0.2) is 19.6 Å². The summed E-state index contributed by atoms with van der Waals surface area (Å²) in [7, 11) is 1.17. The summed E-state index contributed by atoms with van der Waals surface area (Å²) in [6.07, 6.45) is -4.46. The van der Waals surface area contributed by atoms with Crippen molar-refractivity contribution in [2.24, 2.45) is 0 Å². The van der Waals surface area contributed by atoms with Crippen molar-refractivity contribution in [3.63, 3.8) is 0 Å². The molecule has 0 unspecified atom stereocenters. The second-order valence-corrected chi connectivity index (χ2v) is 3.62. The second kappa shape index (κ2) is 6.14. The van der Waals surface area contributed by atoms with Crippen LogP contribution in [0, 0.1) is 11.8 Å². The number of halogens is 3. The van der Waals surface area contributed by atoms with Crippen LogP contribution in [-0.2, 0) is 11.0 Å². The Balaban J connectivity index is 2.91. The Kier molecular flexibility index (Phi) is 4.81. The normalized spacial score (nSPS) is 10.4. The summed E-state index contributed by atoms with van der Waals surface area (Å²) in [6.45, 7) is 1.49. The maximum absolute atomic E-state index is 12.6. The van der Waals surface area contributed by atoms with Crippen LogP contribution >= 0.6 is 0 Å². The fourth-order valence-electron chi connectivity index (χ4n) is 1.32. The van der Waals surface area contributed by atoms with Crippen molar-refractivity contribution in [1.29, 1.82) is 0 Å². The molecule has 0 atom stereocenters. The Morgan fingerprint density at radius 1 is 1.42 bits per heavy atom. The third kappa shape index (κ3) is 4.54. The molecule has 0 aliphatic heterocycles. The van der Waals surface area contributed by atoms with Gasteiger partial charge in [0.15, 0.2) is 0 Å². The molecular formula is C13H12F3NO2. The summed E-state index contributed by atoms with van der Waals surface area (Å²) < 4.78 is 42.5. The number of benzene rings is 1. The maximum atomic E-state index is 12.6. The van der Waals surface area contributed by atoms with Gasteiger partial charge < -0.3 is 10.1 Å². The predicted molar refractivity (Wildman–Crippen MR) is 63.6 cm³/mol. The van der Waals surface area contributed by atoms with Gasteiger partial charge in [0.2, 0.25) is 5.91 Å². The molecule has 0 saturated heterocycles. The van der Waals surface area contributed by atoms with Gasteiger partial charge in [-0.05, 0) is 18.2 Å². The quantitative estimate of drug-likeness (QED) is 0.837. The third-order valence-electron chi connectivity index (χ3n) is 2.17. The molecule has 0 aromatic heterocycles. The fraction of sp³-hybridized carbons (Fsp3) is 0.308. The maximum Gasteiger partial charge on any atom is 0.419 e. The minimum atomic E-state index is -4.46.